The minimum absolute atomic E-state index is 0.00286. The zero-order valence-corrected chi connectivity index (χ0v) is 13.9. The Balaban J connectivity index is 1.83. The first kappa shape index (κ1) is 19.8. The lowest BCUT2D eigenvalue weighted by atomic mass is 9.49. The van der Waals surface area contributed by atoms with E-state index >= 15 is 0 Å². The van der Waals surface area contributed by atoms with Gasteiger partial charge < -0.3 is 4.74 Å². The Bertz CT molecular complexity index is 583. The number of carbonyl (C=O) groups is 2. The molecule has 0 heterocycles. The number of ether oxygens (including phenoxy) is 1. The van der Waals surface area contributed by atoms with Gasteiger partial charge in [0.15, 0.2) is 5.78 Å². The standard InChI is InChI=1S/C14H15F5O6S/c15-13(16,17)10(14(18,19)26-25-24-22)23-11(21)12-4-6-1-7(5-12)3-8(2-6)9(12)20/h6-8,10,22H,1-5H2. The topological polar surface area (TPSA) is 82.1 Å². The van der Waals surface area contributed by atoms with Crippen LogP contribution in [-0.4, -0.2) is 34.5 Å². The summed E-state index contributed by atoms with van der Waals surface area (Å²) in [6, 6.07) is 0. The van der Waals surface area contributed by atoms with Crippen LogP contribution in [0.25, 0.3) is 0 Å². The number of carbonyl (C=O) groups excluding carboxylic acids is 2. The van der Waals surface area contributed by atoms with E-state index < -0.39 is 52.7 Å². The van der Waals surface area contributed by atoms with Crippen molar-refractivity contribution in [1.29, 1.82) is 0 Å². The largest absolute Gasteiger partial charge is 0.444 e. The van der Waals surface area contributed by atoms with E-state index in [2.05, 4.69) is 14.1 Å². The van der Waals surface area contributed by atoms with Crippen molar-refractivity contribution in [1.82, 2.24) is 0 Å². The fourth-order valence-electron chi connectivity index (χ4n) is 4.69. The summed E-state index contributed by atoms with van der Waals surface area (Å²) in [6.07, 6.45) is -7.52. The van der Waals surface area contributed by atoms with Crippen LogP contribution in [0.4, 0.5) is 22.0 Å². The van der Waals surface area contributed by atoms with Gasteiger partial charge in [0.2, 0.25) is 0 Å². The number of esters is 1. The van der Waals surface area contributed by atoms with E-state index in [1.165, 1.54) is 0 Å². The summed E-state index contributed by atoms with van der Waals surface area (Å²) in [5, 5.41) is 5.95. The van der Waals surface area contributed by atoms with E-state index in [-0.39, 0.29) is 24.7 Å². The fourth-order valence-corrected chi connectivity index (χ4v) is 5.08. The Hall–Kier alpha value is -0.980. The molecular weight excluding hydrogens is 391 g/mol. The molecule has 0 aromatic rings. The van der Waals surface area contributed by atoms with Crippen molar-refractivity contribution in [2.45, 2.75) is 49.6 Å². The maximum atomic E-state index is 13.8. The van der Waals surface area contributed by atoms with E-state index in [0.29, 0.717) is 12.8 Å². The van der Waals surface area contributed by atoms with Gasteiger partial charge in [-0.1, -0.05) is 5.04 Å². The van der Waals surface area contributed by atoms with E-state index in [0.717, 1.165) is 6.42 Å². The van der Waals surface area contributed by atoms with Crippen molar-refractivity contribution in [3.05, 3.63) is 0 Å². The first-order valence-corrected chi connectivity index (χ1v) is 8.59. The van der Waals surface area contributed by atoms with Gasteiger partial charge in [-0.2, -0.15) is 22.0 Å². The van der Waals surface area contributed by atoms with Crippen molar-refractivity contribution in [2.24, 2.45) is 23.2 Å². The number of hydrogen-bond acceptors (Lipinski definition) is 7. The molecular formula is C14H15F5O6S. The van der Waals surface area contributed by atoms with Crippen LogP contribution in [0, 0.1) is 23.2 Å². The average Bonchev–Trinajstić information content (AvgIpc) is 2.53. The first-order valence-electron chi connectivity index (χ1n) is 7.85. The van der Waals surface area contributed by atoms with Crippen molar-refractivity contribution >= 4 is 23.8 Å². The summed E-state index contributed by atoms with van der Waals surface area (Å²) in [7, 11) is 0. The van der Waals surface area contributed by atoms with E-state index in [4.69, 9.17) is 5.26 Å². The predicted octanol–water partition coefficient (Wildman–Crippen LogP) is 3.52. The fraction of sp³-hybridized carbons (Fsp3) is 0.857. The lowest BCUT2D eigenvalue weighted by molar-refractivity contribution is -0.434. The highest BCUT2D eigenvalue weighted by atomic mass is 32.2. The third-order valence-electron chi connectivity index (χ3n) is 5.41. The number of Topliss-reactive ketones (excluding diaryl/α,β-unsaturated/α-hetero) is 1. The summed E-state index contributed by atoms with van der Waals surface area (Å²) in [4.78, 5) is 25.0. The third-order valence-corrected chi connectivity index (χ3v) is 5.98. The Morgan fingerprint density at radius 2 is 1.73 bits per heavy atom. The van der Waals surface area contributed by atoms with Gasteiger partial charge in [-0.3, -0.25) is 9.59 Å². The van der Waals surface area contributed by atoms with Crippen LogP contribution in [0.5, 0.6) is 0 Å². The quantitative estimate of drug-likeness (QED) is 0.181. The van der Waals surface area contributed by atoms with Crippen molar-refractivity contribution in [3.63, 3.8) is 0 Å². The van der Waals surface area contributed by atoms with Gasteiger partial charge in [-0.25, -0.2) is 5.26 Å². The molecule has 4 aliphatic rings. The van der Waals surface area contributed by atoms with Crippen LogP contribution in [0.15, 0.2) is 0 Å². The molecule has 4 aliphatic carbocycles. The highest BCUT2D eigenvalue weighted by molar-refractivity contribution is 7.95. The molecule has 0 aromatic carbocycles. The summed E-state index contributed by atoms with van der Waals surface area (Å²) in [5.74, 6) is -2.51. The molecule has 26 heavy (non-hydrogen) atoms. The van der Waals surface area contributed by atoms with Gasteiger partial charge in [0.1, 0.15) is 17.5 Å². The highest BCUT2D eigenvalue weighted by Gasteiger charge is 2.65. The van der Waals surface area contributed by atoms with Gasteiger partial charge in [-0.05, 0) is 43.9 Å². The summed E-state index contributed by atoms with van der Waals surface area (Å²) >= 11 is -1.15. The first-order chi connectivity index (χ1) is 12.0. The Kier molecular flexibility index (Phi) is 5.00. The predicted molar refractivity (Wildman–Crippen MR) is 74.3 cm³/mol. The van der Waals surface area contributed by atoms with Crippen molar-refractivity contribution in [3.8, 4) is 0 Å². The van der Waals surface area contributed by atoms with Gasteiger partial charge in [-0.15, -0.1) is 4.33 Å². The van der Waals surface area contributed by atoms with Crippen LogP contribution in [0.3, 0.4) is 0 Å². The molecule has 3 unspecified atom stereocenters. The average molecular weight is 406 g/mol. The minimum atomic E-state index is -5.63. The van der Waals surface area contributed by atoms with Gasteiger partial charge in [0.05, 0.1) is 0 Å². The number of halogens is 5. The molecule has 4 bridgehead atoms. The summed E-state index contributed by atoms with van der Waals surface area (Å²) in [5.41, 5.74) is -1.78. The molecule has 0 aliphatic heterocycles. The summed E-state index contributed by atoms with van der Waals surface area (Å²) < 4.78 is 74.3. The lowest BCUT2D eigenvalue weighted by Crippen LogP contribution is -2.59. The van der Waals surface area contributed by atoms with Gasteiger partial charge in [0, 0.05) is 5.92 Å². The Morgan fingerprint density at radius 1 is 1.15 bits per heavy atom. The number of rotatable bonds is 6. The second-order valence-corrected chi connectivity index (χ2v) is 7.95. The molecule has 0 saturated heterocycles. The molecule has 12 heteroatoms. The molecule has 1 N–H and O–H groups in total. The molecule has 4 rings (SSSR count). The monoisotopic (exact) mass is 406 g/mol. The molecule has 4 saturated carbocycles. The second-order valence-electron chi connectivity index (χ2n) is 7.11. The van der Waals surface area contributed by atoms with Crippen molar-refractivity contribution in [2.75, 3.05) is 0 Å². The van der Waals surface area contributed by atoms with Crippen LogP contribution in [-0.2, 0) is 23.7 Å². The van der Waals surface area contributed by atoms with Crippen LogP contribution in [0.1, 0.15) is 32.1 Å². The zero-order chi connectivity index (χ0) is 19.3. The van der Waals surface area contributed by atoms with Gasteiger partial charge in [0.25, 0.3) is 6.10 Å². The Morgan fingerprint density at radius 3 is 2.23 bits per heavy atom. The highest BCUT2D eigenvalue weighted by Crippen LogP contribution is 2.59. The number of hydrogen-bond donors (Lipinski definition) is 1. The number of ketones is 1. The Labute approximate surface area is 148 Å². The van der Waals surface area contributed by atoms with E-state index in [1.807, 2.05) is 0 Å². The molecule has 0 radical (unpaired) electrons. The number of alkyl halides is 5. The van der Waals surface area contributed by atoms with Gasteiger partial charge >= 0.3 is 17.4 Å². The molecule has 0 aromatic heterocycles. The molecule has 4 fully saturated rings. The van der Waals surface area contributed by atoms with Crippen LogP contribution >= 0.6 is 12.0 Å². The maximum Gasteiger partial charge on any atom is 0.432 e. The third kappa shape index (κ3) is 3.32. The smallest absolute Gasteiger partial charge is 0.432 e. The molecule has 148 valence electrons. The molecule has 3 atom stereocenters. The maximum absolute atomic E-state index is 13.8. The minimum Gasteiger partial charge on any atom is -0.444 e. The lowest BCUT2D eigenvalue weighted by Gasteiger charge is -2.53. The zero-order valence-electron chi connectivity index (χ0n) is 13.1. The molecule has 6 nitrogen and oxygen atoms in total. The molecule has 0 amide bonds. The van der Waals surface area contributed by atoms with Crippen molar-refractivity contribution < 1.29 is 50.9 Å². The SMILES string of the molecule is O=C(OC(C(F)(F)F)C(F)(F)SOOO)C12CC3CC(CC(C3)C1=O)C2. The van der Waals surface area contributed by atoms with Crippen LogP contribution < -0.4 is 0 Å². The van der Waals surface area contributed by atoms with E-state index in [9.17, 15) is 31.5 Å². The van der Waals surface area contributed by atoms with Crippen LogP contribution in [0.2, 0.25) is 0 Å². The summed E-state index contributed by atoms with van der Waals surface area (Å²) in [6.45, 7) is 0. The normalized spacial score (nSPS) is 34.8. The molecule has 0 spiro atoms. The van der Waals surface area contributed by atoms with E-state index in [1.54, 1.807) is 0 Å². The second kappa shape index (κ2) is 6.57.